The Kier molecular flexibility index (Phi) is 4.88. The predicted molar refractivity (Wildman–Crippen MR) is 76.7 cm³/mol. The average Bonchev–Trinajstić information content (AvgIpc) is 2.87. The van der Waals surface area contributed by atoms with Crippen LogP contribution in [0.1, 0.15) is 52.9 Å². The number of hydrogen-bond donors (Lipinski definition) is 1. The van der Waals surface area contributed by atoms with Crippen LogP contribution in [0.2, 0.25) is 0 Å². The van der Waals surface area contributed by atoms with E-state index in [-0.39, 0.29) is 17.9 Å². The second-order valence-corrected chi connectivity index (χ2v) is 6.93. The number of aliphatic hydroxyl groups excluding tert-OH is 1. The van der Waals surface area contributed by atoms with E-state index in [2.05, 4.69) is 13.8 Å². The van der Waals surface area contributed by atoms with Gasteiger partial charge >= 0.3 is 0 Å². The van der Waals surface area contributed by atoms with Crippen LogP contribution in [0.25, 0.3) is 0 Å². The quantitative estimate of drug-likeness (QED) is 0.854. The number of hydrogen-bond acceptors (Lipinski definition) is 2. The smallest absolute Gasteiger partial charge is 0.225 e. The van der Waals surface area contributed by atoms with E-state index < -0.39 is 0 Å². The van der Waals surface area contributed by atoms with Crippen molar-refractivity contribution in [1.29, 1.82) is 0 Å². The van der Waals surface area contributed by atoms with Crippen LogP contribution in [0, 0.1) is 23.7 Å². The summed E-state index contributed by atoms with van der Waals surface area (Å²) in [4.78, 5) is 14.5. The zero-order chi connectivity index (χ0) is 14.0. The van der Waals surface area contributed by atoms with Crippen LogP contribution in [-0.2, 0) is 4.79 Å². The number of aliphatic hydroxyl groups is 1. The van der Waals surface area contributed by atoms with Crippen molar-refractivity contribution in [3.05, 3.63) is 0 Å². The number of likely N-dealkylation sites (tertiary alicyclic amines) is 1. The van der Waals surface area contributed by atoms with E-state index in [9.17, 15) is 9.90 Å². The van der Waals surface area contributed by atoms with Gasteiger partial charge in [0, 0.05) is 24.9 Å². The highest BCUT2D eigenvalue weighted by atomic mass is 16.3. The first-order valence-corrected chi connectivity index (χ1v) is 7.96. The second-order valence-electron chi connectivity index (χ2n) is 6.93. The summed E-state index contributed by atoms with van der Waals surface area (Å²) in [7, 11) is 0. The van der Waals surface area contributed by atoms with Gasteiger partial charge in [-0.3, -0.25) is 4.79 Å². The molecule has 0 aromatic rings. The molecule has 1 aliphatic heterocycles. The Labute approximate surface area is 117 Å². The minimum Gasteiger partial charge on any atom is -0.393 e. The number of rotatable bonds is 3. The molecule has 3 heteroatoms. The van der Waals surface area contributed by atoms with Gasteiger partial charge in [-0.2, -0.15) is 0 Å². The van der Waals surface area contributed by atoms with E-state index in [0.717, 1.165) is 44.2 Å². The summed E-state index contributed by atoms with van der Waals surface area (Å²) in [6, 6.07) is 0. The van der Waals surface area contributed by atoms with Crippen LogP contribution in [0.5, 0.6) is 0 Å². The van der Waals surface area contributed by atoms with Crippen molar-refractivity contribution in [2.75, 3.05) is 13.1 Å². The van der Waals surface area contributed by atoms with E-state index in [1.807, 2.05) is 11.8 Å². The van der Waals surface area contributed by atoms with Crippen molar-refractivity contribution in [1.82, 2.24) is 4.90 Å². The summed E-state index contributed by atoms with van der Waals surface area (Å²) in [5.41, 5.74) is 0. The van der Waals surface area contributed by atoms with E-state index >= 15 is 0 Å². The topological polar surface area (TPSA) is 40.5 Å². The number of carbonyl (C=O) groups is 1. The first-order valence-electron chi connectivity index (χ1n) is 7.96. The molecule has 2 fully saturated rings. The van der Waals surface area contributed by atoms with E-state index in [1.165, 1.54) is 12.8 Å². The lowest BCUT2D eigenvalue weighted by molar-refractivity contribution is -0.136. The number of nitrogens with zero attached hydrogens (tertiary/aromatic N) is 1. The van der Waals surface area contributed by atoms with Crippen LogP contribution in [0.4, 0.5) is 0 Å². The zero-order valence-corrected chi connectivity index (χ0v) is 12.6. The highest BCUT2D eigenvalue weighted by Crippen LogP contribution is 2.35. The third-order valence-corrected chi connectivity index (χ3v) is 5.28. The highest BCUT2D eigenvalue weighted by molar-refractivity contribution is 5.79. The van der Waals surface area contributed by atoms with Gasteiger partial charge in [0.2, 0.25) is 5.91 Å². The Morgan fingerprint density at radius 2 is 1.68 bits per heavy atom. The Hall–Kier alpha value is -0.570. The molecule has 110 valence electrons. The lowest BCUT2D eigenvalue weighted by Crippen LogP contribution is -2.37. The molecule has 2 aliphatic rings. The Bertz CT molecular complexity index is 306. The van der Waals surface area contributed by atoms with Gasteiger partial charge in [0.1, 0.15) is 0 Å². The number of amides is 1. The van der Waals surface area contributed by atoms with Gasteiger partial charge in [-0.1, -0.05) is 13.8 Å². The van der Waals surface area contributed by atoms with Crippen molar-refractivity contribution < 1.29 is 9.90 Å². The molecule has 19 heavy (non-hydrogen) atoms. The molecule has 0 aromatic heterocycles. The molecule has 0 spiro atoms. The van der Waals surface area contributed by atoms with Crippen LogP contribution < -0.4 is 0 Å². The maximum absolute atomic E-state index is 12.5. The van der Waals surface area contributed by atoms with Gasteiger partial charge in [-0.25, -0.2) is 0 Å². The minimum absolute atomic E-state index is 0.253. The summed E-state index contributed by atoms with van der Waals surface area (Å²) in [6.07, 6.45) is 5.23. The molecule has 2 unspecified atom stereocenters. The lowest BCUT2D eigenvalue weighted by atomic mass is 9.76. The van der Waals surface area contributed by atoms with Gasteiger partial charge < -0.3 is 10.0 Å². The second kappa shape index (κ2) is 6.25. The van der Waals surface area contributed by atoms with Crippen molar-refractivity contribution >= 4 is 5.91 Å². The Balaban J connectivity index is 1.82. The molecule has 0 aromatic carbocycles. The maximum Gasteiger partial charge on any atom is 0.225 e. The van der Waals surface area contributed by atoms with Gasteiger partial charge in [-0.05, 0) is 50.9 Å². The highest BCUT2D eigenvalue weighted by Gasteiger charge is 2.34. The SMILES string of the molecule is CC(C)C1CCC(C(=O)N2CCC(C(C)O)C2)CC1. The van der Waals surface area contributed by atoms with E-state index in [0.29, 0.717) is 5.91 Å². The van der Waals surface area contributed by atoms with Crippen LogP contribution in [0.15, 0.2) is 0 Å². The predicted octanol–water partition coefficient (Wildman–Crippen LogP) is 2.68. The average molecular weight is 267 g/mol. The standard InChI is InChI=1S/C16H29NO2/c1-11(2)13-4-6-14(7-5-13)16(19)17-9-8-15(10-17)12(3)18/h11-15,18H,4-10H2,1-3H3. The maximum atomic E-state index is 12.5. The van der Waals surface area contributed by atoms with Crippen molar-refractivity contribution in [3.8, 4) is 0 Å². The largest absolute Gasteiger partial charge is 0.393 e. The van der Waals surface area contributed by atoms with Gasteiger partial charge in [0.25, 0.3) is 0 Å². The van der Waals surface area contributed by atoms with Crippen LogP contribution in [0.3, 0.4) is 0 Å². The molecule has 2 atom stereocenters. The third kappa shape index (κ3) is 3.50. The normalized spacial score (nSPS) is 33.7. The first kappa shape index (κ1) is 14.8. The minimum atomic E-state index is -0.283. The van der Waals surface area contributed by atoms with E-state index in [4.69, 9.17) is 0 Å². The molecule has 0 bridgehead atoms. The zero-order valence-electron chi connectivity index (χ0n) is 12.6. The Morgan fingerprint density at radius 1 is 1.05 bits per heavy atom. The van der Waals surface area contributed by atoms with Crippen LogP contribution in [-0.4, -0.2) is 35.1 Å². The summed E-state index contributed by atoms with van der Waals surface area (Å²) in [5.74, 6) is 2.46. The fourth-order valence-corrected chi connectivity index (χ4v) is 3.67. The molecule has 1 N–H and O–H groups in total. The van der Waals surface area contributed by atoms with Crippen LogP contribution >= 0.6 is 0 Å². The molecule has 3 nitrogen and oxygen atoms in total. The molecular formula is C16H29NO2. The van der Waals surface area contributed by atoms with E-state index in [1.54, 1.807) is 0 Å². The van der Waals surface area contributed by atoms with Gasteiger partial charge in [0.15, 0.2) is 0 Å². The molecular weight excluding hydrogens is 238 g/mol. The molecule has 1 saturated carbocycles. The summed E-state index contributed by atoms with van der Waals surface area (Å²) >= 11 is 0. The lowest BCUT2D eigenvalue weighted by Gasteiger charge is -2.32. The number of carbonyl (C=O) groups excluding carboxylic acids is 1. The molecule has 0 radical (unpaired) electrons. The summed E-state index contributed by atoms with van der Waals surface area (Å²) in [5, 5.41) is 9.62. The molecule has 1 aliphatic carbocycles. The molecule has 2 rings (SSSR count). The van der Waals surface area contributed by atoms with Crippen molar-refractivity contribution in [3.63, 3.8) is 0 Å². The van der Waals surface area contributed by atoms with Crippen molar-refractivity contribution in [2.45, 2.75) is 59.0 Å². The fraction of sp³-hybridized carbons (Fsp3) is 0.938. The molecule has 1 saturated heterocycles. The molecule has 1 heterocycles. The van der Waals surface area contributed by atoms with Gasteiger partial charge in [-0.15, -0.1) is 0 Å². The van der Waals surface area contributed by atoms with Gasteiger partial charge in [0.05, 0.1) is 6.10 Å². The molecule has 1 amide bonds. The Morgan fingerprint density at radius 3 is 2.16 bits per heavy atom. The van der Waals surface area contributed by atoms with Crippen molar-refractivity contribution in [2.24, 2.45) is 23.7 Å². The third-order valence-electron chi connectivity index (χ3n) is 5.28. The fourth-order valence-electron chi connectivity index (χ4n) is 3.67. The first-order chi connectivity index (χ1) is 8.99. The summed E-state index contributed by atoms with van der Waals surface area (Å²) < 4.78 is 0. The monoisotopic (exact) mass is 267 g/mol. The summed E-state index contributed by atoms with van der Waals surface area (Å²) in [6.45, 7) is 8.03.